The molecule has 2 atom stereocenters. The second-order valence-corrected chi connectivity index (χ2v) is 11.5. The van der Waals surface area contributed by atoms with Crippen LogP contribution in [0, 0.1) is 11.6 Å². The van der Waals surface area contributed by atoms with E-state index in [0.717, 1.165) is 62.6 Å². The minimum atomic E-state index is -0.228. The molecular weight excluding hydrogens is 490 g/mol. The minimum absolute atomic E-state index is 0.175. The van der Waals surface area contributed by atoms with E-state index in [1.54, 1.807) is 12.1 Å². The number of piperazine rings is 1. The van der Waals surface area contributed by atoms with Gasteiger partial charge in [-0.2, -0.15) is 0 Å². The molecular formula is C33H40F2N4. The van der Waals surface area contributed by atoms with E-state index in [9.17, 15) is 8.78 Å². The fraction of sp³-hybridized carbons (Fsp3) is 0.455. The van der Waals surface area contributed by atoms with Gasteiger partial charge in [-0.3, -0.25) is 4.90 Å². The van der Waals surface area contributed by atoms with Gasteiger partial charge in [0, 0.05) is 69.1 Å². The molecule has 0 radical (unpaired) electrons. The number of benzene rings is 3. The number of rotatable bonds is 9. The van der Waals surface area contributed by atoms with Crippen LogP contribution in [0.5, 0.6) is 0 Å². The molecule has 0 aliphatic carbocycles. The maximum atomic E-state index is 14.3. The Morgan fingerprint density at radius 1 is 0.667 bits per heavy atom. The fourth-order valence-electron chi connectivity index (χ4n) is 6.84. The Kier molecular flexibility index (Phi) is 8.24. The first-order valence-electron chi connectivity index (χ1n) is 14.7. The summed E-state index contributed by atoms with van der Waals surface area (Å²) in [6.45, 7) is 10.0. The van der Waals surface area contributed by atoms with Crippen molar-refractivity contribution in [2.75, 3.05) is 57.3 Å². The van der Waals surface area contributed by atoms with Crippen LogP contribution >= 0.6 is 0 Å². The van der Waals surface area contributed by atoms with Crippen LogP contribution in [0.2, 0.25) is 0 Å². The lowest BCUT2D eigenvalue weighted by Crippen LogP contribution is -2.46. The van der Waals surface area contributed by atoms with E-state index in [4.69, 9.17) is 0 Å². The third-order valence-corrected chi connectivity index (χ3v) is 8.91. The molecule has 0 spiro atoms. The zero-order chi connectivity index (χ0) is 26.6. The Balaban J connectivity index is 0.954. The number of fused-ring (bicyclic) bond motifs is 3. The van der Waals surface area contributed by atoms with Crippen molar-refractivity contribution in [3.8, 4) is 0 Å². The van der Waals surface area contributed by atoms with Crippen molar-refractivity contribution in [2.45, 2.75) is 44.2 Å². The molecule has 3 heterocycles. The lowest BCUT2D eigenvalue weighted by molar-refractivity contribution is 0.125. The summed E-state index contributed by atoms with van der Waals surface area (Å²) < 4.78 is 27.9. The van der Waals surface area contributed by atoms with Crippen LogP contribution in [0.4, 0.5) is 20.2 Å². The third-order valence-electron chi connectivity index (χ3n) is 8.91. The topological polar surface area (TPSA) is 13.0 Å². The average Bonchev–Trinajstić information content (AvgIpc) is 3.27. The van der Waals surface area contributed by atoms with Gasteiger partial charge in [0.25, 0.3) is 0 Å². The van der Waals surface area contributed by atoms with Crippen LogP contribution < -0.4 is 4.90 Å². The lowest BCUT2D eigenvalue weighted by Gasteiger charge is -2.39. The molecule has 2 saturated heterocycles. The van der Waals surface area contributed by atoms with Gasteiger partial charge in [0.15, 0.2) is 0 Å². The maximum absolute atomic E-state index is 14.3. The molecule has 3 aromatic carbocycles. The summed E-state index contributed by atoms with van der Waals surface area (Å²) in [5.74, 6) is -0.123. The van der Waals surface area contributed by atoms with Gasteiger partial charge in [-0.25, -0.2) is 8.78 Å². The van der Waals surface area contributed by atoms with Gasteiger partial charge in [0.05, 0.1) is 0 Å². The second kappa shape index (κ2) is 12.2. The van der Waals surface area contributed by atoms with Crippen molar-refractivity contribution in [3.63, 3.8) is 0 Å². The average molecular weight is 531 g/mol. The molecule has 0 amide bonds. The molecule has 2 unspecified atom stereocenters. The van der Waals surface area contributed by atoms with Crippen molar-refractivity contribution in [1.82, 2.24) is 14.7 Å². The molecule has 3 aliphatic heterocycles. The molecule has 3 aromatic rings. The molecule has 2 fully saturated rings. The molecule has 6 rings (SSSR count). The van der Waals surface area contributed by atoms with Crippen molar-refractivity contribution < 1.29 is 8.78 Å². The second-order valence-electron chi connectivity index (χ2n) is 11.5. The van der Waals surface area contributed by atoms with Crippen LogP contribution in [0.15, 0.2) is 72.8 Å². The Morgan fingerprint density at radius 2 is 1.36 bits per heavy atom. The third kappa shape index (κ3) is 6.19. The highest BCUT2D eigenvalue weighted by Gasteiger charge is 2.42. The predicted octanol–water partition coefficient (Wildman–Crippen LogP) is 6.26. The van der Waals surface area contributed by atoms with E-state index >= 15 is 0 Å². The number of piperidine rings is 1. The van der Waals surface area contributed by atoms with Crippen LogP contribution in [-0.4, -0.2) is 73.1 Å². The highest BCUT2D eigenvalue weighted by atomic mass is 19.1. The summed E-state index contributed by atoms with van der Waals surface area (Å²) in [5.41, 5.74) is 4.57. The monoisotopic (exact) mass is 530 g/mol. The summed E-state index contributed by atoms with van der Waals surface area (Å²) in [6, 6.07) is 23.0. The number of nitrogens with zero attached hydrogens (tertiary/aromatic N) is 4. The Morgan fingerprint density at radius 3 is 2.13 bits per heavy atom. The predicted molar refractivity (Wildman–Crippen MR) is 155 cm³/mol. The smallest absolute Gasteiger partial charge is 0.123 e. The minimum Gasteiger partial charge on any atom is -0.337 e. The van der Waals surface area contributed by atoms with Crippen molar-refractivity contribution in [3.05, 3.63) is 95.6 Å². The molecule has 3 aliphatic rings. The number of likely N-dealkylation sites (tertiary alicyclic amines) is 1. The Hall–Kier alpha value is -2.80. The van der Waals surface area contributed by atoms with E-state index in [1.807, 2.05) is 18.2 Å². The molecule has 39 heavy (non-hydrogen) atoms. The van der Waals surface area contributed by atoms with E-state index in [2.05, 4.69) is 49.9 Å². The Labute approximate surface area is 231 Å². The summed E-state index contributed by atoms with van der Waals surface area (Å²) in [7, 11) is 0. The fourth-order valence-corrected chi connectivity index (χ4v) is 6.84. The van der Waals surface area contributed by atoms with Gasteiger partial charge < -0.3 is 14.7 Å². The standard InChI is InChI=1S/C33H40F2N4/c34-27-9-12-29(13-10-27)39-32-14-11-28(35)23-30(32)31-25-37(18-15-33(31)39)17-6-2-5-16-36-19-21-38(22-20-36)24-26-7-3-1-4-8-26/h1,3-4,7-14,23,31,33H,2,5-6,15-22,24-25H2. The van der Waals surface area contributed by atoms with E-state index < -0.39 is 0 Å². The molecule has 0 bridgehead atoms. The van der Waals surface area contributed by atoms with Crippen LogP contribution in [0.25, 0.3) is 0 Å². The number of hydrogen-bond acceptors (Lipinski definition) is 4. The SMILES string of the molecule is Fc1ccc(N2c3ccc(F)cc3C3CN(CCCCCN4CCN(Cc5ccccc5)CC4)CCC32)cc1. The first-order valence-corrected chi connectivity index (χ1v) is 14.7. The zero-order valence-electron chi connectivity index (χ0n) is 22.8. The summed E-state index contributed by atoms with van der Waals surface area (Å²) in [6.07, 6.45) is 4.75. The van der Waals surface area contributed by atoms with E-state index in [-0.39, 0.29) is 17.6 Å². The normalized spacial score (nSPS) is 22.2. The number of unbranched alkanes of at least 4 members (excludes halogenated alkanes) is 2. The molecule has 4 nitrogen and oxygen atoms in total. The highest BCUT2D eigenvalue weighted by molar-refractivity contribution is 5.73. The van der Waals surface area contributed by atoms with Gasteiger partial charge in [0.2, 0.25) is 0 Å². The lowest BCUT2D eigenvalue weighted by atomic mass is 9.89. The van der Waals surface area contributed by atoms with E-state index in [1.165, 1.54) is 56.6 Å². The first-order chi connectivity index (χ1) is 19.1. The van der Waals surface area contributed by atoms with Gasteiger partial charge in [-0.05, 0) is 85.9 Å². The Bertz CT molecular complexity index is 1210. The molecule has 6 heteroatoms. The van der Waals surface area contributed by atoms with Crippen molar-refractivity contribution >= 4 is 11.4 Å². The number of halogens is 2. The maximum Gasteiger partial charge on any atom is 0.123 e. The quantitative estimate of drug-likeness (QED) is 0.303. The molecule has 0 saturated carbocycles. The number of anilines is 2. The largest absolute Gasteiger partial charge is 0.337 e. The molecule has 206 valence electrons. The van der Waals surface area contributed by atoms with Gasteiger partial charge in [-0.1, -0.05) is 36.8 Å². The molecule has 0 N–H and O–H groups in total. The van der Waals surface area contributed by atoms with Crippen molar-refractivity contribution in [1.29, 1.82) is 0 Å². The summed E-state index contributed by atoms with van der Waals surface area (Å²) in [5, 5.41) is 0. The van der Waals surface area contributed by atoms with Crippen LogP contribution in [-0.2, 0) is 6.54 Å². The highest BCUT2D eigenvalue weighted by Crippen LogP contribution is 2.48. The van der Waals surface area contributed by atoms with Gasteiger partial charge in [-0.15, -0.1) is 0 Å². The van der Waals surface area contributed by atoms with Gasteiger partial charge >= 0.3 is 0 Å². The number of hydrogen-bond donors (Lipinski definition) is 0. The van der Waals surface area contributed by atoms with Gasteiger partial charge in [0.1, 0.15) is 11.6 Å². The van der Waals surface area contributed by atoms with Crippen molar-refractivity contribution in [2.24, 2.45) is 0 Å². The van der Waals surface area contributed by atoms with E-state index in [0.29, 0.717) is 6.04 Å². The summed E-state index contributed by atoms with van der Waals surface area (Å²) >= 11 is 0. The van der Waals surface area contributed by atoms with Crippen LogP contribution in [0.3, 0.4) is 0 Å². The zero-order valence-corrected chi connectivity index (χ0v) is 22.8. The molecule has 0 aromatic heterocycles. The van der Waals surface area contributed by atoms with Crippen LogP contribution in [0.1, 0.15) is 42.7 Å². The summed E-state index contributed by atoms with van der Waals surface area (Å²) in [4.78, 5) is 10.1. The first kappa shape index (κ1) is 26.4.